The van der Waals surface area contributed by atoms with Crippen LogP contribution in [0.4, 0.5) is 11.4 Å². The van der Waals surface area contributed by atoms with Crippen LogP contribution in [0, 0.1) is 5.92 Å². The zero-order valence-electron chi connectivity index (χ0n) is 11.3. The van der Waals surface area contributed by atoms with Crippen molar-refractivity contribution in [3.8, 4) is 0 Å². The first kappa shape index (κ1) is 12.5. The largest absolute Gasteiger partial charge is 0.383 e. The number of nitrogens with one attached hydrogen (secondary N) is 1. The van der Waals surface area contributed by atoms with Crippen molar-refractivity contribution < 1.29 is 9.53 Å². The Labute approximate surface area is 113 Å². The maximum atomic E-state index is 12.7. The average molecular weight is 260 g/mol. The van der Waals surface area contributed by atoms with E-state index in [1.165, 1.54) is 0 Å². The number of fused-ring (bicyclic) bond motifs is 1. The van der Waals surface area contributed by atoms with E-state index in [4.69, 9.17) is 4.74 Å². The van der Waals surface area contributed by atoms with E-state index in [0.717, 1.165) is 37.3 Å². The van der Waals surface area contributed by atoms with Gasteiger partial charge in [0.2, 0.25) is 5.91 Å². The molecule has 0 saturated carbocycles. The zero-order chi connectivity index (χ0) is 13.2. The number of carbonyl (C=O) groups is 1. The molecule has 4 heteroatoms. The lowest BCUT2D eigenvalue weighted by atomic mass is 10.0. The van der Waals surface area contributed by atoms with E-state index >= 15 is 0 Å². The van der Waals surface area contributed by atoms with Crippen LogP contribution in [0.1, 0.15) is 19.8 Å². The average Bonchev–Trinajstić information content (AvgIpc) is 2.74. The van der Waals surface area contributed by atoms with Crippen molar-refractivity contribution in [1.29, 1.82) is 0 Å². The van der Waals surface area contributed by atoms with Gasteiger partial charge in [-0.05, 0) is 31.9 Å². The molecule has 1 saturated heterocycles. The van der Waals surface area contributed by atoms with Crippen molar-refractivity contribution in [3.63, 3.8) is 0 Å². The fourth-order valence-corrected chi connectivity index (χ4v) is 2.92. The minimum atomic E-state index is 0.00570. The van der Waals surface area contributed by atoms with E-state index in [1.54, 1.807) is 0 Å². The lowest BCUT2D eigenvalue weighted by Gasteiger charge is -2.26. The Bertz CT molecular complexity index is 475. The van der Waals surface area contributed by atoms with Crippen LogP contribution in [0.2, 0.25) is 0 Å². The molecule has 0 radical (unpaired) electrons. The molecule has 4 nitrogen and oxygen atoms in total. The van der Waals surface area contributed by atoms with Crippen molar-refractivity contribution in [2.24, 2.45) is 5.92 Å². The first-order chi connectivity index (χ1) is 9.27. The molecule has 1 N–H and O–H groups in total. The normalized spacial score (nSPS) is 26.5. The monoisotopic (exact) mass is 260 g/mol. The van der Waals surface area contributed by atoms with E-state index in [2.05, 4.69) is 5.32 Å². The van der Waals surface area contributed by atoms with Crippen LogP contribution < -0.4 is 10.2 Å². The van der Waals surface area contributed by atoms with Gasteiger partial charge in [-0.25, -0.2) is 0 Å². The van der Waals surface area contributed by atoms with Gasteiger partial charge < -0.3 is 15.0 Å². The lowest BCUT2D eigenvalue weighted by molar-refractivity contribution is -0.123. The second-order valence-electron chi connectivity index (χ2n) is 5.26. The molecule has 0 aromatic heterocycles. The lowest BCUT2D eigenvalue weighted by Crippen LogP contribution is -2.39. The van der Waals surface area contributed by atoms with Gasteiger partial charge in [0.1, 0.15) is 0 Å². The smallest absolute Gasteiger partial charge is 0.232 e. The predicted octanol–water partition coefficient (Wildman–Crippen LogP) is 2.26. The van der Waals surface area contributed by atoms with Crippen LogP contribution in [0.15, 0.2) is 24.3 Å². The Morgan fingerprint density at radius 3 is 3.05 bits per heavy atom. The van der Waals surface area contributed by atoms with Crippen molar-refractivity contribution in [2.75, 3.05) is 29.9 Å². The minimum Gasteiger partial charge on any atom is -0.383 e. The molecule has 102 valence electrons. The second-order valence-corrected chi connectivity index (χ2v) is 5.26. The quantitative estimate of drug-likeness (QED) is 0.842. The van der Waals surface area contributed by atoms with Gasteiger partial charge in [0.25, 0.3) is 0 Å². The number of anilines is 2. The molecule has 2 aliphatic heterocycles. The highest BCUT2D eigenvalue weighted by Crippen LogP contribution is 2.31. The van der Waals surface area contributed by atoms with E-state index < -0.39 is 0 Å². The number of nitrogens with zero attached hydrogens (tertiary/aromatic N) is 1. The fourth-order valence-electron chi connectivity index (χ4n) is 2.92. The van der Waals surface area contributed by atoms with Crippen LogP contribution >= 0.6 is 0 Å². The Kier molecular flexibility index (Phi) is 3.42. The Morgan fingerprint density at radius 2 is 2.26 bits per heavy atom. The third kappa shape index (κ3) is 2.32. The van der Waals surface area contributed by atoms with Crippen LogP contribution in [-0.4, -0.2) is 31.7 Å². The van der Waals surface area contributed by atoms with E-state index in [1.807, 2.05) is 36.1 Å². The minimum absolute atomic E-state index is 0.00570. The third-order valence-electron chi connectivity index (χ3n) is 4.03. The third-order valence-corrected chi connectivity index (χ3v) is 4.03. The van der Waals surface area contributed by atoms with Gasteiger partial charge in [-0.1, -0.05) is 12.1 Å². The molecule has 0 spiro atoms. The molecule has 1 aromatic rings. The highest BCUT2D eigenvalue weighted by Gasteiger charge is 2.35. The highest BCUT2D eigenvalue weighted by molar-refractivity contribution is 5.98. The number of para-hydroxylation sites is 2. The summed E-state index contributed by atoms with van der Waals surface area (Å²) < 4.78 is 5.53. The van der Waals surface area contributed by atoms with Gasteiger partial charge in [-0.2, -0.15) is 0 Å². The van der Waals surface area contributed by atoms with Gasteiger partial charge in [-0.15, -0.1) is 0 Å². The maximum Gasteiger partial charge on any atom is 0.232 e. The Hall–Kier alpha value is -1.55. The molecule has 1 fully saturated rings. The summed E-state index contributed by atoms with van der Waals surface area (Å²) in [7, 11) is 0. The molecule has 2 aliphatic rings. The highest BCUT2D eigenvalue weighted by atomic mass is 16.5. The standard InChI is InChI=1S/C15H20N2O2/c1-11-12(7-10-19-11)15(18)17-9-4-8-16-13-5-2-3-6-14(13)17/h2-3,5-6,11-12,16H,4,7-10H2,1H3. The van der Waals surface area contributed by atoms with Gasteiger partial charge in [0.15, 0.2) is 0 Å². The molecule has 1 aromatic carbocycles. The Balaban J connectivity index is 1.89. The van der Waals surface area contributed by atoms with Gasteiger partial charge in [0, 0.05) is 19.7 Å². The number of amides is 1. The summed E-state index contributed by atoms with van der Waals surface area (Å²) in [5.74, 6) is 0.215. The molecule has 0 aliphatic carbocycles. The van der Waals surface area contributed by atoms with Gasteiger partial charge in [-0.3, -0.25) is 4.79 Å². The Morgan fingerprint density at radius 1 is 1.42 bits per heavy atom. The van der Waals surface area contributed by atoms with Crippen molar-refractivity contribution in [1.82, 2.24) is 0 Å². The molecule has 1 amide bonds. The number of rotatable bonds is 1. The zero-order valence-corrected chi connectivity index (χ0v) is 11.3. The number of hydrogen-bond donors (Lipinski definition) is 1. The fraction of sp³-hybridized carbons (Fsp3) is 0.533. The molecule has 2 heterocycles. The van der Waals surface area contributed by atoms with Crippen LogP contribution in [0.5, 0.6) is 0 Å². The van der Waals surface area contributed by atoms with E-state index in [0.29, 0.717) is 6.61 Å². The van der Waals surface area contributed by atoms with Crippen LogP contribution in [-0.2, 0) is 9.53 Å². The van der Waals surface area contributed by atoms with Crippen molar-refractivity contribution in [2.45, 2.75) is 25.9 Å². The summed E-state index contributed by atoms with van der Waals surface area (Å²) in [5.41, 5.74) is 2.06. The molecule has 2 unspecified atom stereocenters. The summed E-state index contributed by atoms with van der Waals surface area (Å²) in [6.45, 7) is 4.40. The van der Waals surface area contributed by atoms with E-state index in [9.17, 15) is 4.79 Å². The summed E-state index contributed by atoms with van der Waals surface area (Å²) in [6, 6.07) is 8.04. The van der Waals surface area contributed by atoms with Crippen LogP contribution in [0.25, 0.3) is 0 Å². The first-order valence-corrected chi connectivity index (χ1v) is 7.03. The van der Waals surface area contributed by atoms with Crippen molar-refractivity contribution in [3.05, 3.63) is 24.3 Å². The molecule has 2 atom stereocenters. The molecule has 19 heavy (non-hydrogen) atoms. The summed E-state index contributed by atoms with van der Waals surface area (Å²) in [6.07, 6.45) is 1.85. The molecule has 3 rings (SSSR count). The van der Waals surface area contributed by atoms with E-state index in [-0.39, 0.29) is 17.9 Å². The summed E-state index contributed by atoms with van der Waals surface area (Å²) in [5, 5.41) is 3.39. The van der Waals surface area contributed by atoms with Crippen LogP contribution in [0.3, 0.4) is 0 Å². The second kappa shape index (κ2) is 5.21. The number of carbonyl (C=O) groups excluding carboxylic acids is 1. The molecular formula is C15H20N2O2. The van der Waals surface area contributed by atoms with Crippen molar-refractivity contribution >= 4 is 17.3 Å². The molecular weight excluding hydrogens is 240 g/mol. The number of benzene rings is 1. The number of hydrogen-bond acceptors (Lipinski definition) is 3. The summed E-state index contributed by atoms with van der Waals surface area (Å²) >= 11 is 0. The first-order valence-electron chi connectivity index (χ1n) is 7.03. The SMILES string of the molecule is CC1OCCC1C(=O)N1CCCNc2ccccc21. The number of ether oxygens (including phenoxy) is 1. The van der Waals surface area contributed by atoms with Gasteiger partial charge in [0.05, 0.1) is 23.4 Å². The molecule has 0 bridgehead atoms. The maximum absolute atomic E-state index is 12.7. The predicted molar refractivity (Wildman–Crippen MR) is 75.4 cm³/mol. The summed E-state index contributed by atoms with van der Waals surface area (Å²) in [4.78, 5) is 14.7. The van der Waals surface area contributed by atoms with Gasteiger partial charge >= 0.3 is 0 Å². The topological polar surface area (TPSA) is 41.6 Å².